The van der Waals surface area contributed by atoms with E-state index in [0.29, 0.717) is 6.54 Å². The van der Waals surface area contributed by atoms with Crippen LogP contribution in [0, 0.1) is 0 Å². The Morgan fingerprint density at radius 3 is 2.41 bits per heavy atom. The predicted octanol–water partition coefficient (Wildman–Crippen LogP) is 4.80. The minimum atomic E-state index is -0.161. The second-order valence-electron chi connectivity index (χ2n) is 7.03. The zero-order chi connectivity index (χ0) is 18.5. The molecule has 3 aromatic carbocycles. The third-order valence-electron chi connectivity index (χ3n) is 5.25. The van der Waals surface area contributed by atoms with Crippen molar-refractivity contribution >= 4 is 22.5 Å². The van der Waals surface area contributed by atoms with Crippen molar-refractivity contribution in [3.05, 3.63) is 78.4 Å². The van der Waals surface area contributed by atoms with E-state index in [4.69, 9.17) is 0 Å². The molecule has 0 bridgehead atoms. The second kappa shape index (κ2) is 8.23. The van der Waals surface area contributed by atoms with Gasteiger partial charge < -0.3 is 10.6 Å². The van der Waals surface area contributed by atoms with Crippen LogP contribution in [0.25, 0.3) is 10.8 Å². The number of urea groups is 1. The molecule has 138 valence electrons. The first-order valence-corrected chi connectivity index (χ1v) is 9.63. The Bertz CT molecular complexity index is 898. The Kier molecular flexibility index (Phi) is 5.35. The standard InChI is InChI=1S/C23H25N3O/c27-23(25-19-11-2-1-3-12-19)24-17-22(26-15-6-7-16-26)21-14-8-10-18-9-4-5-13-20(18)21/h1-5,8-14,22H,6-7,15-17H2,(H2,24,25,27)/t22-/m1/s1. The molecule has 1 heterocycles. The summed E-state index contributed by atoms with van der Waals surface area (Å²) in [6, 6.07) is 24.5. The van der Waals surface area contributed by atoms with E-state index in [1.807, 2.05) is 30.3 Å². The van der Waals surface area contributed by atoms with Crippen LogP contribution in [0.5, 0.6) is 0 Å². The fourth-order valence-corrected chi connectivity index (χ4v) is 3.92. The lowest BCUT2D eigenvalue weighted by Gasteiger charge is -2.29. The summed E-state index contributed by atoms with van der Waals surface area (Å²) in [5.74, 6) is 0. The van der Waals surface area contributed by atoms with Crippen molar-refractivity contribution in [2.45, 2.75) is 18.9 Å². The van der Waals surface area contributed by atoms with Gasteiger partial charge in [0.15, 0.2) is 0 Å². The summed E-state index contributed by atoms with van der Waals surface area (Å²) in [6.07, 6.45) is 2.44. The summed E-state index contributed by atoms with van der Waals surface area (Å²) >= 11 is 0. The second-order valence-corrected chi connectivity index (χ2v) is 7.03. The van der Waals surface area contributed by atoms with Gasteiger partial charge in [-0.25, -0.2) is 4.79 Å². The zero-order valence-electron chi connectivity index (χ0n) is 15.4. The topological polar surface area (TPSA) is 44.4 Å². The summed E-state index contributed by atoms with van der Waals surface area (Å²) in [6.45, 7) is 2.75. The number of amides is 2. The molecule has 3 aromatic rings. The van der Waals surface area contributed by atoms with E-state index >= 15 is 0 Å². The van der Waals surface area contributed by atoms with Crippen LogP contribution in [-0.2, 0) is 0 Å². The van der Waals surface area contributed by atoms with Crippen molar-refractivity contribution in [3.8, 4) is 0 Å². The molecule has 2 N–H and O–H groups in total. The third-order valence-corrected chi connectivity index (χ3v) is 5.25. The number of fused-ring (bicyclic) bond motifs is 1. The highest BCUT2D eigenvalue weighted by atomic mass is 16.2. The van der Waals surface area contributed by atoms with Gasteiger partial charge in [0.25, 0.3) is 0 Å². The molecule has 0 aromatic heterocycles. The van der Waals surface area contributed by atoms with Crippen molar-refractivity contribution in [1.82, 2.24) is 10.2 Å². The van der Waals surface area contributed by atoms with Gasteiger partial charge in [0, 0.05) is 12.2 Å². The molecule has 0 saturated carbocycles. The minimum Gasteiger partial charge on any atom is -0.336 e. The van der Waals surface area contributed by atoms with Crippen molar-refractivity contribution in [1.29, 1.82) is 0 Å². The summed E-state index contributed by atoms with van der Waals surface area (Å²) in [5.41, 5.74) is 2.09. The molecule has 27 heavy (non-hydrogen) atoms. The van der Waals surface area contributed by atoms with Gasteiger partial charge in [-0.2, -0.15) is 0 Å². The Labute approximate surface area is 160 Å². The van der Waals surface area contributed by atoms with Crippen LogP contribution >= 0.6 is 0 Å². The van der Waals surface area contributed by atoms with Gasteiger partial charge in [0.05, 0.1) is 6.04 Å². The Morgan fingerprint density at radius 1 is 0.889 bits per heavy atom. The average Bonchev–Trinajstić information content (AvgIpc) is 3.23. The first-order valence-electron chi connectivity index (χ1n) is 9.63. The van der Waals surface area contributed by atoms with Crippen LogP contribution in [0.2, 0.25) is 0 Å². The van der Waals surface area contributed by atoms with E-state index in [9.17, 15) is 4.79 Å². The number of carbonyl (C=O) groups excluding carboxylic acids is 1. The molecule has 1 aliphatic heterocycles. The lowest BCUT2D eigenvalue weighted by Crippen LogP contribution is -2.38. The molecule has 0 unspecified atom stereocenters. The highest BCUT2D eigenvalue weighted by Gasteiger charge is 2.25. The Balaban J connectivity index is 1.54. The van der Waals surface area contributed by atoms with Crippen LogP contribution in [0.1, 0.15) is 24.4 Å². The van der Waals surface area contributed by atoms with Crippen molar-refractivity contribution < 1.29 is 4.79 Å². The maximum Gasteiger partial charge on any atom is 0.319 e. The van der Waals surface area contributed by atoms with Crippen LogP contribution in [0.15, 0.2) is 72.8 Å². The van der Waals surface area contributed by atoms with Crippen molar-refractivity contribution in [2.75, 3.05) is 25.0 Å². The van der Waals surface area contributed by atoms with Gasteiger partial charge in [-0.15, -0.1) is 0 Å². The normalized spacial score (nSPS) is 15.6. The number of nitrogens with one attached hydrogen (secondary N) is 2. The lowest BCUT2D eigenvalue weighted by molar-refractivity contribution is 0.228. The molecule has 1 saturated heterocycles. The lowest BCUT2D eigenvalue weighted by atomic mass is 9.97. The van der Waals surface area contributed by atoms with Gasteiger partial charge in [-0.05, 0) is 54.4 Å². The van der Waals surface area contributed by atoms with Crippen LogP contribution in [0.4, 0.5) is 10.5 Å². The number of likely N-dealkylation sites (tertiary alicyclic amines) is 1. The molecule has 1 aliphatic rings. The molecular formula is C23H25N3O. The molecule has 1 atom stereocenters. The highest BCUT2D eigenvalue weighted by molar-refractivity contribution is 5.89. The molecular weight excluding hydrogens is 334 g/mol. The van der Waals surface area contributed by atoms with E-state index < -0.39 is 0 Å². The van der Waals surface area contributed by atoms with Gasteiger partial charge in [0.2, 0.25) is 0 Å². The number of benzene rings is 3. The Hall–Kier alpha value is -2.85. The molecule has 4 heteroatoms. The van der Waals surface area contributed by atoms with Crippen LogP contribution in [0.3, 0.4) is 0 Å². The van der Waals surface area contributed by atoms with Gasteiger partial charge in [-0.3, -0.25) is 4.90 Å². The molecule has 0 spiro atoms. The predicted molar refractivity (Wildman–Crippen MR) is 111 cm³/mol. The maximum atomic E-state index is 12.4. The molecule has 4 rings (SSSR count). The smallest absolute Gasteiger partial charge is 0.319 e. The van der Waals surface area contributed by atoms with E-state index in [-0.39, 0.29) is 12.1 Å². The summed E-state index contributed by atoms with van der Waals surface area (Å²) < 4.78 is 0. The summed E-state index contributed by atoms with van der Waals surface area (Å²) in [4.78, 5) is 14.9. The average molecular weight is 359 g/mol. The number of hydrogen-bond acceptors (Lipinski definition) is 2. The largest absolute Gasteiger partial charge is 0.336 e. The monoisotopic (exact) mass is 359 g/mol. The van der Waals surface area contributed by atoms with Crippen LogP contribution in [-0.4, -0.2) is 30.6 Å². The van der Waals surface area contributed by atoms with E-state index in [1.165, 1.54) is 29.2 Å². The van der Waals surface area contributed by atoms with Gasteiger partial charge in [0.1, 0.15) is 0 Å². The zero-order valence-corrected chi connectivity index (χ0v) is 15.4. The number of hydrogen-bond donors (Lipinski definition) is 2. The molecule has 0 radical (unpaired) electrons. The number of para-hydroxylation sites is 1. The summed E-state index contributed by atoms with van der Waals surface area (Å²) in [7, 11) is 0. The highest BCUT2D eigenvalue weighted by Crippen LogP contribution is 2.30. The van der Waals surface area contributed by atoms with Crippen molar-refractivity contribution in [2.24, 2.45) is 0 Å². The molecule has 4 nitrogen and oxygen atoms in total. The SMILES string of the molecule is O=C(NC[C@H](c1cccc2ccccc12)N1CCCC1)Nc1ccccc1. The quantitative estimate of drug-likeness (QED) is 0.687. The third kappa shape index (κ3) is 4.12. The fourth-order valence-electron chi connectivity index (χ4n) is 3.92. The first kappa shape index (κ1) is 17.6. The maximum absolute atomic E-state index is 12.4. The van der Waals surface area contributed by atoms with Crippen molar-refractivity contribution in [3.63, 3.8) is 0 Å². The fraction of sp³-hybridized carbons (Fsp3) is 0.261. The molecule has 0 aliphatic carbocycles. The number of anilines is 1. The number of carbonyl (C=O) groups is 1. The summed E-state index contributed by atoms with van der Waals surface area (Å²) in [5, 5.41) is 8.50. The Morgan fingerprint density at radius 2 is 1.59 bits per heavy atom. The van der Waals surface area contributed by atoms with E-state index in [0.717, 1.165) is 18.8 Å². The van der Waals surface area contributed by atoms with Gasteiger partial charge >= 0.3 is 6.03 Å². The van der Waals surface area contributed by atoms with E-state index in [2.05, 4.69) is 58.0 Å². The van der Waals surface area contributed by atoms with Gasteiger partial charge in [-0.1, -0.05) is 60.7 Å². The number of nitrogens with zero attached hydrogens (tertiary/aromatic N) is 1. The minimum absolute atomic E-state index is 0.161. The molecule has 1 fully saturated rings. The van der Waals surface area contributed by atoms with Crippen LogP contribution < -0.4 is 10.6 Å². The molecule has 2 amide bonds. The first-order chi connectivity index (χ1) is 13.3. The van der Waals surface area contributed by atoms with E-state index in [1.54, 1.807) is 0 Å². The number of rotatable bonds is 5.